The molecule has 0 spiro atoms. The number of hydrogen-bond acceptors (Lipinski definition) is 5. The van der Waals surface area contributed by atoms with Gasteiger partial charge in [0, 0.05) is 43.6 Å². The van der Waals surface area contributed by atoms with Crippen molar-refractivity contribution in [2.24, 2.45) is 5.92 Å². The molecule has 3 rings (SSSR count). The van der Waals surface area contributed by atoms with Gasteiger partial charge in [-0.3, -0.25) is 19.5 Å². The molecular weight excluding hydrogens is 272 g/mol. The molecule has 3 heterocycles. The number of carbonyl (C=O) groups excluding carboxylic acids is 2. The van der Waals surface area contributed by atoms with Gasteiger partial charge in [0.15, 0.2) is 0 Å². The van der Waals surface area contributed by atoms with Crippen molar-refractivity contribution < 1.29 is 19.1 Å². The minimum atomic E-state index is -0.255. The van der Waals surface area contributed by atoms with Crippen LogP contribution in [0.2, 0.25) is 0 Å². The van der Waals surface area contributed by atoms with Crippen LogP contribution in [0.4, 0.5) is 0 Å². The molecule has 2 aliphatic rings. The third-order valence-electron chi connectivity index (χ3n) is 3.70. The largest absolute Gasteiger partial charge is 0.488 e. The molecule has 0 bridgehead atoms. The van der Waals surface area contributed by atoms with Crippen molar-refractivity contribution in [2.75, 3.05) is 19.8 Å². The Morgan fingerprint density at radius 1 is 1.24 bits per heavy atom. The Morgan fingerprint density at radius 2 is 1.95 bits per heavy atom. The third-order valence-corrected chi connectivity index (χ3v) is 3.70. The fourth-order valence-corrected chi connectivity index (χ4v) is 2.53. The van der Waals surface area contributed by atoms with E-state index in [9.17, 15) is 9.59 Å². The van der Waals surface area contributed by atoms with Crippen molar-refractivity contribution in [1.29, 1.82) is 0 Å². The van der Waals surface area contributed by atoms with Crippen LogP contribution in [0.25, 0.3) is 0 Å². The number of ether oxygens (including phenoxy) is 2. The quantitative estimate of drug-likeness (QED) is 0.766. The zero-order valence-electron chi connectivity index (χ0n) is 11.5. The van der Waals surface area contributed by atoms with E-state index in [0.717, 1.165) is 6.42 Å². The van der Waals surface area contributed by atoms with E-state index in [0.29, 0.717) is 25.5 Å². The molecule has 6 nitrogen and oxygen atoms in total. The lowest BCUT2D eigenvalue weighted by molar-refractivity contribution is -0.139. The number of aromatic nitrogens is 1. The van der Waals surface area contributed by atoms with Crippen LogP contribution in [0.3, 0.4) is 0 Å². The van der Waals surface area contributed by atoms with Crippen LogP contribution in [0.1, 0.15) is 6.42 Å². The maximum Gasteiger partial charge on any atom is 0.253 e. The lowest BCUT2D eigenvalue weighted by Gasteiger charge is -2.33. The maximum atomic E-state index is 11.7. The van der Waals surface area contributed by atoms with Gasteiger partial charge in [0.05, 0.1) is 6.61 Å². The fourth-order valence-electron chi connectivity index (χ4n) is 2.53. The summed E-state index contributed by atoms with van der Waals surface area (Å²) in [5.41, 5.74) is 0. The Morgan fingerprint density at radius 3 is 2.67 bits per heavy atom. The number of hydrogen-bond donors (Lipinski definition) is 0. The summed E-state index contributed by atoms with van der Waals surface area (Å²) in [5, 5.41) is 0. The molecule has 0 radical (unpaired) electrons. The van der Waals surface area contributed by atoms with Gasteiger partial charge in [-0.2, -0.15) is 0 Å². The highest BCUT2D eigenvalue weighted by Gasteiger charge is 2.33. The summed E-state index contributed by atoms with van der Waals surface area (Å²) in [6.45, 7) is 1.44. The molecule has 1 aromatic rings. The smallest absolute Gasteiger partial charge is 0.253 e. The molecule has 2 atom stereocenters. The number of amides is 2. The predicted molar refractivity (Wildman–Crippen MR) is 73.4 cm³/mol. The highest BCUT2D eigenvalue weighted by molar-refractivity contribution is 6.12. The van der Waals surface area contributed by atoms with Gasteiger partial charge in [-0.1, -0.05) is 0 Å². The van der Waals surface area contributed by atoms with Crippen molar-refractivity contribution in [3.8, 4) is 5.75 Å². The molecule has 21 heavy (non-hydrogen) atoms. The number of carbonyl (C=O) groups is 2. The van der Waals surface area contributed by atoms with Crippen LogP contribution < -0.4 is 4.74 Å². The van der Waals surface area contributed by atoms with Crippen LogP contribution in [0.15, 0.2) is 36.7 Å². The Balaban J connectivity index is 1.67. The zero-order chi connectivity index (χ0) is 14.7. The molecule has 1 aromatic heterocycles. The summed E-state index contributed by atoms with van der Waals surface area (Å²) >= 11 is 0. The van der Waals surface area contributed by atoms with Crippen molar-refractivity contribution >= 4 is 11.8 Å². The molecule has 2 aliphatic heterocycles. The molecule has 6 heteroatoms. The topological polar surface area (TPSA) is 68.7 Å². The zero-order valence-corrected chi connectivity index (χ0v) is 11.5. The SMILES string of the molecule is O=C1C=CC(=O)N1CC1CCOCC1Oc1ccncc1. The number of imide groups is 1. The molecule has 0 aliphatic carbocycles. The van der Waals surface area contributed by atoms with Crippen LogP contribution in [0, 0.1) is 5.92 Å². The Hall–Kier alpha value is -2.21. The molecule has 1 fully saturated rings. The summed E-state index contributed by atoms with van der Waals surface area (Å²) in [6, 6.07) is 3.55. The van der Waals surface area contributed by atoms with Crippen LogP contribution in [-0.2, 0) is 14.3 Å². The fraction of sp³-hybridized carbons (Fsp3) is 0.400. The standard InChI is InChI=1S/C15H16N2O4/c18-14-1-2-15(19)17(14)9-11-5-8-20-10-13(11)21-12-3-6-16-7-4-12/h1-4,6-7,11,13H,5,8-10H2. The molecule has 1 saturated heterocycles. The summed E-state index contributed by atoms with van der Waals surface area (Å²) in [4.78, 5) is 28.5. The van der Waals surface area contributed by atoms with Gasteiger partial charge < -0.3 is 9.47 Å². The first-order valence-corrected chi connectivity index (χ1v) is 6.92. The second-order valence-electron chi connectivity index (χ2n) is 5.08. The van der Waals surface area contributed by atoms with Gasteiger partial charge in [0.1, 0.15) is 11.9 Å². The van der Waals surface area contributed by atoms with E-state index in [1.807, 2.05) is 0 Å². The van der Waals surface area contributed by atoms with Gasteiger partial charge >= 0.3 is 0 Å². The third kappa shape index (κ3) is 3.11. The minimum Gasteiger partial charge on any atom is -0.488 e. The Labute approximate surface area is 122 Å². The Bertz CT molecular complexity index is 540. The van der Waals surface area contributed by atoms with E-state index in [1.165, 1.54) is 17.1 Å². The molecular formula is C15H16N2O4. The first kappa shape index (κ1) is 13.8. The van der Waals surface area contributed by atoms with Gasteiger partial charge in [-0.15, -0.1) is 0 Å². The first-order valence-electron chi connectivity index (χ1n) is 6.92. The van der Waals surface area contributed by atoms with E-state index in [2.05, 4.69) is 4.98 Å². The Kier molecular flexibility index (Phi) is 3.96. The summed E-state index contributed by atoms with van der Waals surface area (Å²) in [5.74, 6) is 0.269. The average Bonchev–Trinajstić information content (AvgIpc) is 2.82. The summed E-state index contributed by atoms with van der Waals surface area (Å²) in [6.07, 6.45) is 6.51. The number of rotatable bonds is 4. The summed E-state index contributed by atoms with van der Waals surface area (Å²) in [7, 11) is 0. The average molecular weight is 288 g/mol. The molecule has 2 unspecified atom stereocenters. The van der Waals surface area contributed by atoms with E-state index in [4.69, 9.17) is 9.47 Å². The van der Waals surface area contributed by atoms with Gasteiger partial charge in [0.25, 0.3) is 11.8 Å². The second kappa shape index (κ2) is 6.05. The number of nitrogens with zero attached hydrogens (tertiary/aromatic N) is 2. The normalized spacial score (nSPS) is 25.4. The first-order chi connectivity index (χ1) is 10.2. The number of pyridine rings is 1. The monoisotopic (exact) mass is 288 g/mol. The van der Waals surface area contributed by atoms with Crippen molar-refractivity contribution in [1.82, 2.24) is 9.88 Å². The maximum absolute atomic E-state index is 11.7. The van der Waals surface area contributed by atoms with Gasteiger partial charge in [-0.25, -0.2) is 0 Å². The molecule has 110 valence electrons. The van der Waals surface area contributed by atoms with Crippen molar-refractivity contribution in [2.45, 2.75) is 12.5 Å². The van der Waals surface area contributed by atoms with Gasteiger partial charge in [0.2, 0.25) is 0 Å². The van der Waals surface area contributed by atoms with Crippen LogP contribution in [-0.4, -0.2) is 47.6 Å². The lowest BCUT2D eigenvalue weighted by Crippen LogP contribution is -2.45. The van der Waals surface area contributed by atoms with Crippen LogP contribution in [0.5, 0.6) is 5.75 Å². The van der Waals surface area contributed by atoms with E-state index >= 15 is 0 Å². The van der Waals surface area contributed by atoms with Crippen LogP contribution >= 0.6 is 0 Å². The second-order valence-corrected chi connectivity index (χ2v) is 5.08. The molecule has 0 N–H and O–H groups in total. The highest BCUT2D eigenvalue weighted by Crippen LogP contribution is 2.23. The van der Waals surface area contributed by atoms with Crippen molar-refractivity contribution in [3.05, 3.63) is 36.7 Å². The molecule has 0 aromatic carbocycles. The van der Waals surface area contributed by atoms with Crippen molar-refractivity contribution in [3.63, 3.8) is 0 Å². The predicted octanol–water partition coefficient (Wildman–Crippen LogP) is 0.790. The lowest BCUT2D eigenvalue weighted by atomic mass is 9.96. The van der Waals surface area contributed by atoms with E-state index < -0.39 is 0 Å². The van der Waals surface area contributed by atoms with E-state index in [1.54, 1.807) is 24.5 Å². The molecule has 0 saturated carbocycles. The summed E-state index contributed by atoms with van der Waals surface area (Å²) < 4.78 is 11.4. The molecule has 2 amide bonds. The van der Waals surface area contributed by atoms with Gasteiger partial charge in [-0.05, 0) is 18.6 Å². The highest BCUT2D eigenvalue weighted by atomic mass is 16.5. The minimum absolute atomic E-state index is 0.0692. The van der Waals surface area contributed by atoms with E-state index in [-0.39, 0.29) is 23.8 Å².